The second-order valence-electron chi connectivity index (χ2n) is 5.37. The van der Waals surface area contributed by atoms with Gasteiger partial charge in [-0.3, -0.25) is 4.90 Å². The van der Waals surface area contributed by atoms with Crippen molar-refractivity contribution in [1.29, 1.82) is 0 Å². The molecule has 1 atom stereocenters. The van der Waals surface area contributed by atoms with Crippen LogP contribution in [0.2, 0.25) is 0 Å². The van der Waals surface area contributed by atoms with Crippen molar-refractivity contribution < 1.29 is 12.8 Å². The second kappa shape index (κ2) is 5.63. The Labute approximate surface area is 123 Å². The number of rotatable bonds is 5. The summed E-state index contributed by atoms with van der Waals surface area (Å²) in [6.07, 6.45) is 8.16. The Balaban J connectivity index is 1.73. The monoisotopic (exact) mass is 310 g/mol. The van der Waals surface area contributed by atoms with Gasteiger partial charge in [0.1, 0.15) is 0 Å². The van der Waals surface area contributed by atoms with Crippen molar-refractivity contribution in [2.24, 2.45) is 0 Å². The van der Waals surface area contributed by atoms with E-state index in [2.05, 4.69) is 14.6 Å². The third kappa shape index (κ3) is 3.52. The molecule has 0 saturated heterocycles. The van der Waals surface area contributed by atoms with Crippen molar-refractivity contribution in [3.05, 3.63) is 42.4 Å². The van der Waals surface area contributed by atoms with Crippen molar-refractivity contribution in [2.45, 2.75) is 19.1 Å². The Morgan fingerprint density at radius 2 is 2.38 bits per heavy atom. The number of aromatic nitrogens is 2. The second-order valence-corrected chi connectivity index (χ2v) is 7.20. The SMILES string of the molecule is CS(=O)(=O)NCC1CN(Cc2ccoc2)Cc2cncn21. The van der Waals surface area contributed by atoms with Crippen molar-refractivity contribution in [3.8, 4) is 0 Å². The minimum atomic E-state index is -3.19. The molecule has 1 N–H and O–H groups in total. The predicted octanol–water partition coefficient (Wildman–Crippen LogP) is 0.582. The number of nitrogens with zero attached hydrogens (tertiary/aromatic N) is 3. The van der Waals surface area contributed by atoms with Crippen molar-refractivity contribution in [1.82, 2.24) is 19.2 Å². The van der Waals surface area contributed by atoms with Crippen LogP contribution in [-0.4, -0.2) is 42.2 Å². The van der Waals surface area contributed by atoms with E-state index in [1.165, 1.54) is 6.26 Å². The molecule has 0 radical (unpaired) electrons. The Kier molecular flexibility index (Phi) is 3.83. The summed E-state index contributed by atoms with van der Waals surface area (Å²) in [7, 11) is -3.19. The van der Waals surface area contributed by atoms with E-state index in [0.717, 1.165) is 30.9 Å². The molecule has 1 unspecified atom stereocenters. The zero-order chi connectivity index (χ0) is 14.9. The molecule has 0 aliphatic carbocycles. The molecule has 0 bridgehead atoms. The van der Waals surface area contributed by atoms with Gasteiger partial charge in [-0.15, -0.1) is 0 Å². The molecule has 0 amide bonds. The lowest BCUT2D eigenvalue weighted by Crippen LogP contribution is -2.41. The van der Waals surface area contributed by atoms with E-state index in [-0.39, 0.29) is 6.04 Å². The van der Waals surface area contributed by atoms with E-state index in [4.69, 9.17) is 4.42 Å². The lowest BCUT2D eigenvalue weighted by molar-refractivity contribution is 0.177. The predicted molar refractivity (Wildman–Crippen MR) is 76.9 cm³/mol. The molecule has 3 heterocycles. The van der Waals surface area contributed by atoms with Gasteiger partial charge in [0.25, 0.3) is 0 Å². The fraction of sp³-hybridized carbons (Fsp3) is 0.462. The number of fused-ring (bicyclic) bond motifs is 1. The third-order valence-corrected chi connectivity index (χ3v) is 4.25. The van der Waals surface area contributed by atoms with Gasteiger partial charge in [0.2, 0.25) is 10.0 Å². The normalized spacial score (nSPS) is 19.6. The minimum absolute atomic E-state index is 0.0397. The summed E-state index contributed by atoms with van der Waals surface area (Å²) >= 11 is 0. The van der Waals surface area contributed by atoms with Crippen LogP contribution in [0.15, 0.2) is 35.5 Å². The molecular formula is C13H18N4O3S. The van der Waals surface area contributed by atoms with E-state index in [0.29, 0.717) is 6.54 Å². The molecule has 7 nitrogen and oxygen atoms in total. The molecule has 2 aromatic rings. The fourth-order valence-electron chi connectivity index (χ4n) is 2.63. The Morgan fingerprint density at radius 1 is 1.52 bits per heavy atom. The lowest BCUT2D eigenvalue weighted by Gasteiger charge is -2.34. The summed E-state index contributed by atoms with van der Waals surface area (Å²) in [5.41, 5.74) is 2.20. The van der Waals surface area contributed by atoms with Crippen LogP contribution in [0.3, 0.4) is 0 Å². The van der Waals surface area contributed by atoms with Gasteiger partial charge < -0.3 is 8.98 Å². The zero-order valence-corrected chi connectivity index (χ0v) is 12.6. The first kappa shape index (κ1) is 14.3. The third-order valence-electron chi connectivity index (χ3n) is 3.56. The Hall–Kier alpha value is -1.64. The molecule has 3 rings (SSSR count). The highest BCUT2D eigenvalue weighted by molar-refractivity contribution is 7.88. The molecule has 114 valence electrons. The van der Waals surface area contributed by atoms with Gasteiger partial charge in [-0.2, -0.15) is 0 Å². The highest BCUT2D eigenvalue weighted by Crippen LogP contribution is 2.22. The van der Waals surface area contributed by atoms with Crippen molar-refractivity contribution >= 4 is 10.0 Å². The summed E-state index contributed by atoms with van der Waals surface area (Å²) in [4.78, 5) is 6.43. The number of nitrogens with one attached hydrogen (secondary N) is 1. The molecule has 0 fully saturated rings. The van der Waals surface area contributed by atoms with Crippen molar-refractivity contribution in [2.75, 3.05) is 19.3 Å². The van der Waals surface area contributed by atoms with Crippen LogP contribution in [0.25, 0.3) is 0 Å². The molecule has 1 aliphatic rings. The van der Waals surface area contributed by atoms with Gasteiger partial charge in [-0.25, -0.2) is 18.1 Å². The van der Waals surface area contributed by atoms with Gasteiger partial charge in [0.05, 0.1) is 36.8 Å². The molecule has 8 heteroatoms. The van der Waals surface area contributed by atoms with E-state index in [1.54, 1.807) is 18.9 Å². The Morgan fingerprint density at radius 3 is 3.10 bits per heavy atom. The molecule has 2 aromatic heterocycles. The topological polar surface area (TPSA) is 80.4 Å². The maximum atomic E-state index is 11.3. The van der Waals surface area contributed by atoms with E-state index in [1.807, 2.05) is 16.8 Å². The Bertz CT molecular complexity index is 693. The number of hydrogen-bond acceptors (Lipinski definition) is 5. The first-order valence-electron chi connectivity index (χ1n) is 6.70. The van der Waals surface area contributed by atoms with E-state index >= 15 is 0 Å². The van der Waals surface area contributed by atoms with Crippen LogP contribution in [0.1, 0.15) is 17.3 Å². The maximum absolute atomic E-state index is 11.3. The molecule has 0 saturated carbocycles. The molecule has 0 spiro atoms. The first-order valence-corrected chi connectivity index (χ1v) is 8.59. The van der Waals surface area contributed by atoms with Crippen LogP contribution in [0.4, 0.5) is 0 Å². The van der Waals surface area contributed by atoms with Crippen LogP contribution < -0.4 is 4.72 Å². The minimum Gasteiger partial charge on any atom is -0.472 e. The van der Waals surface area contributed by atoms with Crippen molar-refractivity contribution in [3.63, 3.8) is 0 Å². The summed E-state index contributed by atoms with van der Waals surface area (Å²) in [5.74, 6) is 0. The molecule has 1 aliphatic heterocycles. The highest BCUT2D eigenvalue weighted by Gasteiger charge is 2.25. The van der Waals surface area contributed by atoms with Gasteiger partial charge in [-0.1, -0.05) is 0 Å². The van der Waals surface area contributed by atoms with Crippen LogP contribution in [0.5, 0.6) is 0 Å². The van der Waals surface area contributed by atoms with Crippen LogP contribution >= 0.6 is 0 Å². The van der Waals surface area contributed by atoms with Gasteiger partial charge in [0, 0.05) is 37.9 Å². The summed E-state index contributed by atoms with van der Waals surface area (Å²) in [5, 5.41) is 0. The molecule has 21 heavy (non-hydrogen) atoms. The van der Waals surface area contributed by atoms with Gasteiger partial charge in [-0.05, 0) is 6.07 Å². The summed E-state index contributed by atoms with van der Waals surface area (Å²) in [6.45, 7) is 2.69. The average molecular weight is 310 g/mol. The van der Waals surface area contributed by atoms with Gasteiger partial charge >= 0.3 is 0 Å². The molecular weight excluding hydrogens is 292 g/mol. The number of sulfonamides is 1. The standard InChI is InChI=1S/C13H18N4O3S/c1-21(18,19)15-5-13-8-16(6-11-2-3-20-9-11)7-12-4-14-10-17(12)13/h2-4,9-10,13,15H,5-8H2,1H3. The zero-order valence-electron chi connectivity index (χ0n) is 11.8. The van der Waals surface area contributed by atoms with E-state index in [9.17, 15) is 8.42 Å². The highest BCUT2D eigenvalue weighted by atomic mass is 32.2. The quantitative estimate of drug-likeness (QED) is 0.874. The molecule has 0 aromatic carbocycles. The van der Waals surface area contributed by atoms with E-state index < -0.39 is 10.0 Å². The van der Waals surface area contributed by atoms with Crippen LogP contribution in [-0.2, 0) is 23.1 Å². The average Bonchev–Trinajstić information content (AvgIpc) is 3.05. The lowest BCUT2D eigenvalue weighted by atomic mass is 10.1. The number of hydrogen-bond donors (Lipinski definition) is 1. The fourth-order valence-corrected chi connectivity index (χ4v) is 3.13. The number of imidazole rings is 1. The number of furan rings is 1. The summed E-state index contributed by atoms with van der Waals surface area (Å²) < 4.78 is 32.3. The van der Waals surface area contributed by atoms with Crippen LogP contribution in [0, 0.1) is 0 Å². The summed E-state index contributed by atoms with van der Waals surface area (Å²) in [6, 6.07) is 1.98. The first-order chi connectivity index (χ1) is 10.0. The largest absolute Gasteiger partial charge is 0.472 e. The smallest absolute Gasteiger partial charge is 0.208 e. The maximum Gasteiger partial charge on any atom is 0.208 e. The van der Waals surface area contributed by atoms with Gasteiger partial charge in [0.15, 0.2) is 0 Å².